The highest BCUT2D eigenvalue weighted by Gasteiger charge is 2.43. The second-order valence-electron chi connectivity index (χ2n) is 10.2. The maximum absolute atomic E-state index is 13.8. The van der Waals surface area contributed by atoms with Gasteiger partial charge in [0.25, 0.3) is 5.91 Å². The molecule has 0 unspecified atom stereocenters. The van der Waals surface area contributed by atoms with E-state index in [0.717, 1.165) is 16.8 Å². The highest BCUT2D eigenvalue weighted by Crippen LogP contribution is 2.49. The van der Waals surface area contributed by atoms with Crippen molar-refractivity contribution in [2.45, 2.75) is 46.5 Å². The van der Waals surface area contributed by atoms with Gasteiger partial charge in [-0.05, 0) is 55.5 Å². The normalized spacial score (nSPS) is 18.9. The number of Topliss-reactive ketones (excluding diaryl/α,β-unsaturated/α-hetero) is 1. The number of allylic oxidation sites excluding steroid dienone is 3. The first-order chi connectivity index (χ1) is 17.1. The zero-order valence-corrected chi connectivity index (χ0v) is 22.0. The molecular weight excluding hydrogens is 456 g/mol. The molecule has 2 aromatic rings. The van der Waals surface area contributed by atoms with Gasteiger partial charge < -0.3 is 24.8 Å². The van der Waals surface area contributed by atoms with E-state index in [-0.39, 0.29) is 17.1 Å². The summed E-state index contributed by atoms with van der Waals surface area (Å²) in [6, 6.07) is 11.3. The lowest BCUT2D eigenvalue weighted by Gasteiger charge is -2.39. The Labute approximate surface area is 212 Å². The Morgan fingerprint density at radius 2 is 1.58 bits per heavy atom. The van der Waals surface area contributed by atoms with Crippen LogP contribution in [0.5, 0.6) is 17.2 Å². The standard InChI is InChI=1S/C29H34N2O5/c1-16-8-10-19(11-9-16)31-28(33)24-17(2)30-20-14-29(3,4)15-21(32)26(20)25(24)18-12-22(34-5)27(36-7)23(13-18)35-6/h8-13,25,30H,14-15H2,1-7H3,(H,31,33)/t25-/m1/s1. The lowest BCUT2D eigenvalue weighted by Crippen LogP contribution is -2.39. The van der Waals surface area contributed by atoms with Gasteiger partial charge in [0, 0.05) is 40.6 Å². The summed E-state index contributed by atoms with van der Waals surface area (Å²) in [7, 11) is 4.64. The van der Waals surface area contributed by atoms with Crippen LogP contribution >= 0.6 is 0 Å². The molecule has 7 heteroatoms. The van der Waals surface area contributed by atoms with Crippen molar-refractivity contribution in [3.8, 4) is 17.2 Å². The molecule has 1 atom stereocenters. The fraction of sp³-hybridized carbons (Fsp3) is 0.379. The van der Waals surface area contributed by atoms with Crippen LogP contribution in [-0.2, 0) is 9.59 Å². The fourth-order valence-electron chi connectivity index (χ4n) is 5.17. The Balaban J connectivity index is 1.89. The first kappa shape index (κ1) is 25.4. The lowest BCUT2D eigenvalue weighted by atomic mass is 9.68. The first-order valence-electron chi connectivity index (χ1n) is 12.0. The zero-order valence-electron chi connectivity index (χ0n) is 22.0. The van der Waals surface area contributed by atoms with E-state index in [1.807, 2.05) is 50.2 Å². The predicted molar refractivity (Wildman–Crippen MR) is 140 cm³/mol. The molecule has 0 fully saturated rings. The Morgan fingerprint density at radius 3 is 2.14 bits per heavy atom. The summed E-state index contributed by atoms with van der Waals surface area (Å²) >= 11 is 0. The average Bonchev–Trinajstić information content (AvgIpc) is 2.82. The molecule has 2 N–H and O–H groups in total. The van der Waals surface area contributed by atoms with Crippen molar-refractivity contribution < 1.29 is 23.8 Å². The van der Waals surface area contributed by atoms with Gasteiger partial charge >= 0.3 is 0 Å². The molecule has 0 saturated carbocycles. The molecule has 2 aromatic carbocycles. The molecule has 1 aliphatic heterocycles. The summed E-state index contributed by atoms with van der Waals surface area (Å²) in [5.41, 5.74) is 5.00. The molecule has 1 aliphatic carbocycles. The van der Waals surface area contributed by atoms with Gasteiger partial charge in [-0.1, -0.05) is 31.5 Å². The molecule has 190 valence electrons. The van der Waals surface area contributed by atoms with Crippen LogP contribution in [0, 0.1) is 12.3 Å². The van der Waals surface area contributed by atoms with Crippen LogP contribution in [0.3, 0.4) is 0 Å². The summed E-state index contributed by atoms with van der Waals surface area (Å²) in [6.45, 7) is 8.05. The van der Waals surface area contributed by atoms with Gasteiger partial charge in [-0.2, -0.15) is 0 Å². The van der Waals surface area contributed by atoms with E-state index in [9.17, 15) is 9.59 Å². The average molecular weight is 491 g/mol. The number of hydrogen-bond acceptors (Lipinski definition) is 6. The van der Waals surface area contributed by atoms with Gasteiger partial charge in [0.15, 0.2) is 17.3 Å². The van der Waals surface area contributed by atoms with Crippen molar-refractivity contribution in [3.05, 3.63) is 70.1 Å². The maximum Gasteiger partial charge on any atom is 0.254 e. The number of amides is 1. The van der Waals surface area contributed by atoms with E-state index < -0.39 is 5.92 Å². The van der Waals surface area contributed by atoms with Gasteiger partial charge in [-0.25, -0.2) is 0 Å². The second-order valence-corrected chi connectivity index (χ2v) is 10.2. The number of ketones is 1. The molecule has 36 heavy (non-hydrogen) atoms. The van der Waals surface area contributed by atoms with Gasteiger partial charge in [0.2, 0.25) is 5.75 Å². The number of aryl methyl sites for hydroxylation is 1. The Hall–Kier alpha value is -3.74. The molecule has 4 rings (SSSR count). The summed E-state index contributed by atoms with van der Waals surface area (Å²) in [5, 5.41) is 6.42. The quantitative estimate of drug-likeness (QED) is 0.574. The Bertz CT molecular complexity index is 1250. The number of methoxy groups -OCH3 is 3. The summed E-state index contributed by atoms with van der Waals surface area (Å²) in [6.07, 6.45) is 1.11. The third-order valence-electron chi connectivity index (χ3n) is 6.81. The topological polar surface area (TPSA) is 85.9 Å². The van der Waals surface area contributed by atoms with Crippen LogP contribution in [-0.4, -0.2) is 33.0 Å². The van der Waals surface area contributed by atoms with Crippen molar-refractivity contribution in [2.75, 3.05) is 26.6 Å². The second kappa shape index (κ2) is 9.72. The lowest BCUT2D eigenvalue weighted by molar-refractivity contribution is -0.118. The number of carbonyl (C=O) groups excluding carboxylic acids is 2. The molecule has 0 bridgehead atoms. The number of ether oxygens (including phenoxy) is 3. The van der Waals surface area contributed by atoms with Crippen molar-refractivity contribution in [1.82, 2.24) is 5.32 Å². The van der Waals surface area contributed by atoms with E-state index in [1.165, 1.54) is 0 Å². The van der Waals surface area contributed by atoms with Crippen molar-refractivity contribution in [3.63, 3.8) is 0 Å². The smallest absolute Gasteiger partial charge is 0.254 e. The number of dihydropyridines is 1. The summed E-state index contributed by atoms with van der Waals surface area (Å²) in [4.78, 5) is 27.3. The van der Waals surface area contributed by atoms with Crippen LogP contribution in [0.1, 0.15) is 50.7 Å². The van der Waals surface area contributed by atoms with Crippen LogP contribution in [0.15, 0.2) is 58.9 Å². The third-order valence-corrected chi connectivity index (χ3v) is 6.81. The third kappa shape index (κ3) is 4.70. The zero-order chi connectivity index (χ0) is 26.2. The van der Waals surface area contributed by atoms with Crippen LogP contribution in [0.2, 0.25) is 0 Å². The highest BCUT2D eigenvalue weighted by molar-refractivity contribution is 6.10. The summed E-state index contributed by atoms with van der Waals surface area (Å²) < 4.78 is 16.7. The summed E-state index contributed by atoms with van der Waals surface area (Å²) in [5.74, 6) is 0.546. The fourth-order valence-corrected chi connectivity index (χ4v) is 5.17. The molecule has 0 spiro atoms. The number of anilines is 1. The number of hydrogen-bond donors (Lipinski definition) is 2. The minimum absolute atomic E-state index is 0.0284. The Morgan fingerprint density at radius 1 is 0.972 bits per heavy atom. The van der Waals surface area contributed by atoms with Crippen LogP contribution in [0.4, 0.5) is 5.69 Å². The van der Waals surface area contributed by atoms with Crippen molar-refractivity contribution >= 4 is 17.4 Å². The van der Waals surface area contributed by atoms with Crippen molar-refractivity contribution in [2.24, 2.45) is 5.41 Å². The van der Waals surface area contributed by atoms with Crippen molar-refractivity contribution in [1.29, 1.82) is 0 Å². The van der Waals surface area contributed by atoms with E-state index in [1.54, 1.807) is 21.3 Å². The number of carbonyl (C=O) groups is 2. The molecule has 0 radical (unpaired) electrons. The SMILES string of the molecule is COc1cc([C@@H]2C(C(=O)Nc3ccc(C)cc3)=C(C)NC3=C2C(=O)CC(C)(C)C3)cc(OC)c1OC. The number of benzene rings is 2. The van der Waals surface area contributed by atoms with Gasteiger partial charge in [-0.15, -0.1) is 0 Å². The molecule has 7 nitrogen and oxygen atoms in total. The molecule has 0 aromatic heterocycles. The van der Waals surface area contributed by atoms with E-state index in [0.29, 0.717) is 52.6 Å². The van der Waals surface area contributed by atoms with E-state index in [4.69, 9.17) is 14.2 Å². The highest BCUT2D eigenvalue weighted by atomic mass is 16.5. The van der Waals surface area contributed by atoms with Crippen LogP contribution < -0.4 is 24.8 Å². The molecule has 2 aliphatic rings. The maximum atomic E-state index is 13.8. The monoisotopic (exact) mass is 490 g/mol. The minimum Gasteiger partial charge on any atom is -0.493 e. The molecule has 1 heterocycles. The number of nitrogens with one attached hydrogen (secondary N) is 2. The van der Waals surface area contributed by atoms with Gasteiger partial charge in [0.1, 0.15) is 0 Å². The largest absolute Gasteiger partial charge is 0.493 e. The van der Waals surface area contributed by atoms with Gasteiger partial charge in [-0.3, -0.25) is 9.59 Å². The van der Waals surface area contributed by atoms with Crippen LogP contribution in [0.25, 0.3) is 0 Å². The Kier molecular flexibility index (Phi) is 6.85. The predicted octanol–water partition coefficient (Wildman–Crippen LogP) is 5.26. The molecule has 0 saturated heterocycles. The minimum atomic E-state index is -0.594. The molecule has 1 amide bonds. The van der Waals surface area contributed by atoms with E-state index in [2.05, 4.69) is 24.5 Å². The first-order valence-corrected chi connectivity index (χ1v) is 12.0. The number of rotatable bonds is 6. The van der Waals surface area contributed by atoms with E-state index >= 15 is 0 Å². The van der Waals surface area contributed by atoms with Gasteiger partial charge in [0.05, 0.1) is 21.3 Å². The molecular formula is C29H34N2O5.